The van der Waals surface area contributed by atoms with E-state index < -0.39 is 0 Å². The summed E-state index contributed by atoms with van der Waals surface area (Å²) in [6.45, 7) is 6.42. The zero-order chi connectivity index (χ0) is 14.1. The molecule has 0 saturated heterocycles. The van der Waals surface area contributed by atoms with Gasteiger partial charge in [-0.3, -0.25) is 4.98 Å². The van der Waals surface area contributed by atoms with Gasteiger partial charge in [-0.25, -0.2) is 0 Å². The molecule has 0 fully saturated rings. The molecule has 0 amide bonds. The van der Waals surface area contributed by atoms with Crippen molar-refractivity contribution in [1.29, 1.82) is 0 Å². The molecule has 0 aromatic carbocycles. The van der Waals surface area contributed by atoms with Gasteiger partial charge in [0.25, 0.3) is 0 Å². The van der Waals surface area contributed by atoms with Crippen molar-refractivity contribution in [2.75, 3.05) is 7.05 Å². The lowest BCUT2D eigenvalue weighted by Gasteiger charge is -2.17. The largest absolute Gasteiger partial charge is 0.313 e. The van der Waals surface area contributed by atoms with Crippen LogP contribution < -0.4 is 5.32 Å². The van der Waals surface area contributed by atoms with Gasteiger partial charge in [0.1, 0.15) is 0 Å². The van der Waals surface area contributed by atoms with E-state index in [1.807, 2.05) is 0 Å². The molecule has 0 aliphatic carbocycles. The van der Waals surface area contributed by atoms with Crippen molar-refractivity contribution < 1.29 is 0 Å². The van der Waals surface area contributed by atoms with Crippen LogP contribution in [0.25, 0.3) is 0 Å². The van der Waals surface area contributed by atoms with Crippen LogP contribution in [0.3, 0.4) is 0 Å². The van der Waals surface area contributed by atoms with E-state index in [0.29, 0.717) is 6.04 Å². The Morgan fingerprint density at radius 3 is 2.16 bits per heavy atom. The second-order valence-corrected chi connectivity index (χ2v) is 5.58. The lowest BCUT2D eigenvalue weighted by atomic mass is 9.99. The number of aromatic nitrogens is 1. The van der Waals surface area contributed by atoms with E-state index in [4.69, 9.17) is 0 Å². The molecule has 2 heteroatoms. The Bertz CT molecular complexity index is 340. The fourth-order valence-electron chi connectivity index (χ4n) is 2.67. The molecule has 2 nitrogen and oxygen atoms in total. The number of nitrogens with one attached hydrogen (secondary N) is 1. The summed E-state index contributed by atoms with van der Waals surface area (Å²) in [5, 5.41) is 3.45. The van der Waals surface area contributed by atoms with Crippen LogP contribution >= 0.6 is 0 Å². The van der Waals surface area contributed by atoms with Crippen molar-refractivity contribution in [2.24, 2.45) is 0 Å². The molecule has 108 valence electrons. The molecule has 1 N–H and O–H groups in total. The molecule has 1 aromatic heterocycles. The van der Waals surface area contributed by atoms with Gasteiger partial charge in [-0.05, 0) is 45.0 Å². The smallest absolute Gasteiger partial charge is 0.0379 e. The Hall–Kier alpha value is -0.890. The molecule has 0 saturated carbocycles. The molecular weight excluding hydrogens is 232 g/mol. The van der Waals surface area contributed by atoms with Crippen LogP contribution in [0.5, 0.6) is 0 Å². The van der Waals surface area contributed by atoms with Crippen LogP contribution in [0.2, 0.25) is 0 Å². The average Bonchev–Trinajstić information content (AvgIpc) is 2.37. The molecule has 0 aliphatic heterocycles. The van der Waals surface area contributed by atoms with Gasteiger partial charge in [-0.2, -0.15) is 0 Å². The number of hydrogen-bond acceptors (Lipinski definition) is 2. The summed E-state index contributed by atoms with van der Waals surface area (Å²) in [6, 6.07) is 4.91. The van der Waals surface area contributed by atoms with Crippen molar-refractivity contribution in [2.45, 2.75) is 71.8 Å². The summed E-state index contributed by atoms with van der Waals surface area (Å²) in [7, 11) is 2.06. The monoisotopic (exact) mass is 262 g/mol. The van der Waals surface area contributed by atoms with Gasteiger partial charge in [-0.15, -0.1) is 0 Å². The first-order valence-electron chi connectivity index (χ1n) is 7.79. The van der Waals surface area contributed by atoms with Gasteiger partial charge in [0.05, 0.1) is 0 Å². The molecule has 1 unspecified atom stereocenters. The zero-order valence-electron chi connectivity index (χ0n) is 13.1. The number of pyridine rings is 1. The van der Waals surface area contributed by atoms with Crippen molar-refractivity contribution >= 4 is 0 Å². The minimum absolute atomic E-state index is 0.478. The minimum atomic E-state index is 0.478. The van der Waals surface area contributed by atoms with Gasteiger partial charge in [-0.1, -0.05) is 45.4 Å². The van der Waals surface area contributed by atoms with Crippen molar-refractivity contribution in [3.63, 3.8) is 0 Å². The summed E-state index contributed by atoms with van der Waals surface area (Å²) < 4.78 is 0. The van der Waals surface area contributed by atoms with Gasteiger partial charge < -0.3 is 5.32 Å². The third-order valence-corrected chi connectivity index (χ3v) is 3.70. The van der Waals surface area contributed by atoms with Crippen molar-refractivity contribution in [1.82, 2.24) is 10.3 Å². The second-order valence-electron chi connectivity index (χ2n) is 5.58. The highest BCUT2D eigenvalue weighted by Gasteiger charge is 2.10. The van der Waals surface area contributed by atoms with E-state index in [2.05, 4.69) is 50.3 Å². The molecule has 0 bridgehead atoms. The van der Waals surface area contributed by atoms with Crippen molar-refractivity contribution in [3.8, 4) is 0 Å². The van der Waals surface area contributed by atoms with Gasteiger partial charge >= 0.3 is 0 Å². The lowest BCUT2D eigenvalue weighted by Crippen LogP contribution is -2.16. The van der Waals surface area contributed by atoms with Crippen LogP contribution in [-0.4, -0.2) is 12.0 Å². The zero-order valence-corrected chi connectivity index (χ0v) is 13.1. The SMILES string of the molecule is CCCCCCCCC(NC)c1cc(C)nc(C)c1. The molecule has 1 heterocycles. The average molecular weight is 262 g/mol. The molecule has 0 spiro atoms. The Labute approximate surface area is 119 Å². The van der Waals surface area contributed by atoms with Crippen molar-refractivity contribution in [3.05, 3.63) is 29.1 Å². The molecule has 0 radical (unpaired) electrons. The topological polar surface area (TPSA) is 24.9 Å². The fourth-order valence-corrected chi connectivity index (χ4v) is 2.67. The maximum absolute atomic E-state index is 4.45. The molecule has 0 aliphatic rings. The predicted octanol–water partition coefficient (Wildman–Crippen LogP) is 4.71. The number of hydrogen-bond donors (Lipinski definition) is 1. The first-order valence-corrected chi connectivity index (χ1v) is 7.79. The van der Waals surface area contributed by atoms with Crippen LogP contribution in [0.1, 0.15) is 74.9 Å². The first kappa shape index (κ1) is 16.2. The van der Waals surface area contributed by atoms with E-state index >= 15 is 0 Å². The standard InChI is InChI=1S/C17H30N2/c1-5-6-7-8-9-10-11-17(18-4)16-12-14(2)19-15(3)13-16/h12-13,17-18H,5-11H2,1-4H3. The van der Waals surface area contributed by atoms with E-state index in [0.717, 1.165) is 11.4 Å². The fraction of sp³-hybridized carbons (Fsp3) is 0.706. The number of aryl methyl sites for hydroxylation is 2. The van der Waals surface area contributed by atoms with Gasteiger partial charge in [0, 0.05) is 17.4 Å². The summed E-state index contributed by atoms with van der Waals surface area (Å²) in [4.78, 5) is 4.45. The van der Waals surface area contributed by atoms with E-state index in [1.165, 1.54) is 50.5 Å². The Kier molecular flexibility index (Phi) is 7.73. The highest BCUT2D eigenvalue weighted by atomic mass is 14.9. The molecule has 1 atom stereocenters. The second kappa shape index (κ2) is 9.08. The van der Waals surface area contributed by atoms with E-state index in [9.17, 15) is 0 Å². The predicted molar refractivity (Wildman–Crippen MR) is 83.5 cm³/mol. The number of rotatable bonds is 9. The summed E-state index contributed by atoms with van der Waals surface area (Å²) in [5.41, 5.74) is 3.64. The summed E-state index contributed by atoms with van der Waals surface area (Å²) in [5.74, 6) is 0. The Morgan fingerprint density at radius 2 is 1.58 bits per heavy atom. The normalized spacial score (nSPS) is 12.6. The molecular formula is C17H30N2. The summed E-state index contributed by atoms with van der Waals surface area (Å²) in [6.07, 6.45) is 9.40. The highest BCUT2D eigenvalue weighted by Crippen LogP contribution is 2.21. The van der Waals surface area contributed by atoms with E-state index in [1.54, 1.807) is 0 Å². The minimum Gasteiger partial charge on any atom is -0.313 e. The van der Waals surface area contributed by atoms with Crippen LogP contribution in [-0.2, 0) is 0 Å². The highest BCUT2D eigenvalue weighted by molar-refractivity contribution is 5.23. The number of unbranched alkanes of at least 4 members (excludes halogenated alkanes) is 5. The maximum Gasteiger partial charge on any atom is 0.0379 e. The van der Waals surface area contributed by atoms with E-state index in [-0.39, 0.29) is 0 Å². The first-order chi connectivity index (χ1) is 9.17. The van der Waals surface area contributed by atoms with Crippen LogP contribution in [0.4, 0.5) is 0 Å². The lowest BCUT2D eigenvalue weighted by molar-refractivity contribution is 0.497. The number of nitrogens with zero attached hydrogens (tertiary/aromatic N) is 1. The van der Waals surface area contributed by atoms with Gasteiger partial charge in [0.15, 0.2) is 0 Å². The van der Waals surface area contributed by atoms with Crippen LogP contribution in [0.15, 0.2) is 12.1 Å². The molecule has 1 aromatic rings. The maximum atomic E-state index is 4.45. The molecule has 1 rings (SSSR count). The quantitative estimate of drug-likeness (QED) is 0.652. The summed E-state index contributed by atoms with van der Waals surface area (Å²) >= 11 is 0. The Balaban J connectivity index is 2.40. The van der Waals surface area contributed by atoms with Crippen LogP contribution in [0, 0.1) is 13.8 Å². The Morgan fingerprint density at radius 1 is 1.00 bits per heavy atom. The molecule has 19 heavy (non-hydrogen) atoms. The third-order valence-electron chi connectivity index (χ3n) is 3.70. The third kappa shape index (κ3) is 6.20. The van der Waals surface area contributed by atoms with Gasteiger partial charge in [0.2, 0.25) is 0 Å².